The average Bonchev–Trinajstić information content (AvgIpc) is 3.25. The molecule has 5 nitrogen and oxygen atoms in total. The zero-order valence-electron chi connectivity index (χ0n) is 22.9. The number of benzene rings is 3. The van der Waals surface area contributed by atoms with Crippen LogP contribution in [0.5, 0.6) is 0 Å². The van der Waals surface area contributed by atoms with Crippen LogP contribution in [-0.4, -0.2) is 33.4 Å². The summed E-state index contributed by atoms with van der Waals surface area (Å²) < 4.78 is 2.32. The third-order valence-corrected chi connectivity index (χ3v) is 7.27. The number of carbonyl (C=O) groups excluding carboxylic acids is 1. The summed E-state index contributed by atoms with van der Waals surface area (Å²) in [4.78, 5) is 21.3. The molecule has 5 heteroatoms. The number of aryl methyl sites for hydroxylation is 3. The Morgan fingerprint density at radius 2 is 1.70 bits per heavy atom. The van der Waals surface area contributed by atoms with E-state index in [-0.39, 0.29) is 17.9 Å². The molecular weight excluding hydrogens is 456 g/mol. The SMILES string of the molecule is CCc1ccc2c(nc(C(C(C)C)N(CCCN)C(=O)c3ccc(C)cc3)n2Cc2ccccc2)c1C. The van der Waals surface area contributed by atoms with Gasteiger partial charge in [0.1, 0.15) is 5.82 Å². The summed E-state index contributed by atoms with van der Waals surface area (Å²) in [5.41, 5.74) is 13.6. The normalized spacial score (nSPS) is 12.3. The van der Waals surface area contributed by atoms with Crippen molar-refractivity contribution in [3.8, 4) is 0 Å². The third-order valence-electron chi connectivity index (χ3n) is 7.27. The molecule has 4 rings (SSSR count). The first-order valence-corrected chi connectivity index (χ1v) is 13.5. The minimum atomic E-state index is -0.194. The summed E-state index contributed by atoms with van der Waals surface area (Å²) in [6.07, 6.45) is 1.70. The average molecular weight is 497 g/mol. The van der Waals surface area contributed by atoms with E-state index in [9.17, 15) is 4.79 Å². The van der Waals surface area contributed by atoms with E-state index in [0.717, 1.165) is 35.3 Å². The molecular formula is C32H40N4O. The summed E-state index contributed by atoms with van der Waals surface area (Å²) in [5, 5.41) is 0. The van der Waals surface area contributed by atoms with Gasteiger partial charge in [-0.25, -0.2) is 4.98 Å². The Kier molecular flexibility index (Phi) is 8.45. The van der Waals surface area contributed by atoms with E-state index in [1.807, 2.05) is 42.2 Å². The molecule has 194 valence electrons. The molecule has 0 aliphatic heterocycles. The Bertz CT molecular complexity index is 1340. The minimum absolute atomic E-state index is 0.0245. The van der Waals surface area contributed by atoms with Crippen molar-refractivity contribution < 1.29 is 4.79 Å². The molecule has 3 aromatic carbocycles. The van der Waals surface area contributed by atoms with Crippen LogP contribution in [0.4, 0.5) is 0 Å². The Labute approximate surface area is 221 Å². The molecule has 1 amide bonds. The van der Waals surface area contributed by atoms with E-state index < -0.39 is 0 Å². The molecule has 0 fully saturated rings. The van der Waals surface area contributed by atoms with Gasteiger partial charge in [0.15, 0.2) is 0 Å². The van der Waals surface area contributed by atoms with E-state index >= 15 is 0 Å². The van der Waals surface area contributed by atoms with Gasteiger partial charge in [-0.1, -0.05) is 74.9 Å². The fourth-order valence-electron chi connectivity index (χ4n) is 5.21. The van der Waals surface area contributed by atoms with Crippen molar-refractivity contribution in [3.05, 3.63) is 100 Å². The zero-order chi connectivity index (χ0) is 26.5. The lowest BCUT2D eigenvalue weighted by molar-refractivity contribution is 0.0605. The molecule has 0 bridgehead atoms. The van der Waals surface area contributed by atoms with Gasteiger partial charge < -0.3 is 15.2 Å². The van der Waals surface area contributed by atoms with Gasteiger partial charge in [0.05, 0.1) is 17.1 Å². The van der Waals surface area contributed by atoms with Gasteiger partial charge in [0, 0.05) is 18.7 Å². The van der Waals surface area contributed by atoms with E-state index in [4.69, 9.17) is 10.7 Å². The highest BCUT2D eigenvalue weighted by molar-refractivity contribution is 5.94. The quantitative estimate of drug-likeness (QED) is 0.274. The molecule has 37 heavy (non-hydrogen) atoms. The fraction of sp³-hybridized carbons (Fsp3) is 0.375. The van der Waals surface area contributed by atoms with E-state index in [2.05, 4.69) is 68.7 Å². The third kappa shape index (κ3) is 5.62. The van der Waals surface area contributed by atoms with Crippen LogP contribution in [0.3, 0.4) is 0 Å². The maximum absolute atomic E-state index is 14.0. The van der Waals surface area contributed by atoms with Crippen molar-refractivity contribution in [1.82, 2.24) is 14.5 Å². The first kappa shape index (κ1) is 26.6. The Hall–Kier alpha value is -3.44. The molecule has 0 saturated carbocycles. The topological polar surface area (TPSA) is 64.2 Å². The van der Waals surface area contributed by atoms with Crippen LogP contribution >= 0.6 is 0 Å². The number of amides is 1. The molecule has 1 heterocycles. The standard InChI is InChI=1S/C32H40N4O/c1-6-26-17-18-28-29(24(26)5)34-31(36(28)21-25-11-8-7-9-12-25)30(22(2)3)35(20-10-19-33)32(37)27-15-13-23(4)14-16-27/h7-9,11-18,22,30H,6,10,19-21,33H2,1-5H3. The van der Waals surface area contributed by atoms with Gasteiger partial charge in [-0.2, -0.15) is 0 Å². The second-order valence-electron chi connectivity index (χ2n) is 10.3. The molecule has 0 aliphatic carbocycles. The first-order valence-electron chi connectivity index (χ1n) is 13.5. The lowest BCUT2D eigenvalue weighted by Crippen LogP contribution is -2.40. The number of nitrogens with two attached hydrogens (primary N) is 1. The van der Waals surface area contributed by atoms with Gasteiger partial charge in [0.2, 0.25) is 0 Å². The highest BCUT2D eigenvalue weighted by Gasteiger charge is 2.33. The highest BCUT2D eigenvalue weighted by Crippen LogP contribution is 2.34. The molecule has 0 spiro atoms. The number of imidazole rings is 1. The van der Waals surface area contributed by atoms with Crippen LogP contribution in [0.2, 0.25) is 0 Å². The van der Waals surface area contributed by atoms with Gasteiger partial charge in [-0.15, -0.1) is 0 Å². The first-order chi connectivity index (χ1) is 17.8. The number of hydrogen-bond acceptors (Lipinski definition) is 3. The lowest BCUT2D eigenvalue weighted by atomic mass is 9.99. The maximum atomic E-state index is 14.0. The van der Waals surface area contributed by atoms with Crippen molar-refractivity contribution in [2.75, 3.05) is 13.1 Å². The highest BCUT2D eigenvalue weighted by atomic mass is 16.2. The number of nitrogens with zero attached hydrogens (tertiary/aromatic N) is 3. The molecule has 0 saturated heterocycles. The maximum Gasteiger partial charge on any atom is 0.254 e. The monoisotopic (exact) mass is 496 g/mol. The largest absolute Gasteiger partial charge is 0.330 e. The van der Waals surface area contributed by atoms with Crippen molar-refractivity contribution in [2.45, 2.75) is 60.0 Å². The Morgan fingerprint density at radius 3 is 2.32 bits per heavy atom. The Balaban J connectivity index is 1.90. The van der Waals surface area contributed by atoms with Crippen LogP contribution in [0.1, 0.15) is 71.7 Å². The molecule has 1 unspecified atom stereocenters. The molecule has 4 aromatic rings. The molecule has 2 N–H and O–H groups in total. The number of fused-ring (bicyclic) bond motifs is 1. The van der Waals surface area contributed by atoms with Crippen molar-refractivity contribution in [3.63, 3.8) is 0 Å². The van der Waals surface area contributed by atoms with Crippen LogP contribution in [-0.2, 0) is 13.0 Å². The molecule has 1 atom stereocenters. The van der Waals surface area contributed by atoms with Crippen LogP contribution in [0.15, 0.2) is 66.7 Å². The van der Waals surface area contributed by atoms with Gasteiger partial charge in [0.25, 0.3) is 5.91 Å². The fourth-order valence-corrected chi connectivity index (χ4v) is 5.21. The zero-order valence-corrected chi connectivity index (χ0v) is 22.9. The predicted molar refractivity (Wildman–Crippen MR) is 153 cm³/mol. The predicted octanol–water partition coefficient (Wildman–Crippen LogP) is 6.45. The second-order valence-corrected chi connectivity index (χ2v) is 10.3. The number of hydrogen-bond donors (Lipinski definition) is 1. The van der Waals surface area contributed by atoms with E-state index in [0.29, 0.717) is 25.2 Å². The Morgan fingerprint density at radius 1 is 1.00 bits per heavy atom. The van der Waals surface area contributed by atoms with Crippen LogP contribution in [0.25, 0.3) is 11.0 Å². The molecule has 0 aliphatic rings. The molecule has 1 aromatic heterocycles. The minimum Gasteiger partial charge on any atom is -0.330 e. The summed E-state index contributed by atoms with van der Waals surface area (Å²) >= 11 is 0. The van der Waals surface area contributed by atoms with Crippen LogP contribution in [0, 0.1) is 19.8 Å². The van der Waals surface area contributed by atoms with Gasteiger partial charge in [-0.3, -0.25) is 4.79 Å². The van der Waals surface area contributed by atoms with Crippen molar-refractivity contribution in [2.24, 2.45) is 11.7 Å². The molecule has 0 radical (unpaired) electrons. The summed E-state index contributed by atoms with van der Waals surface area (Å²) in [6.45, 7) is 12.6. The summed E-state index contributed by atoms with van der Waals surface area (Å²) in [5.74, 6) is 1.11. The summed E-state index contributed by atoms with van der Waals surface area (Å²) in [6, 6.07) is 22.6. The van der Waals surface area contributed by atoms with E-state index in [1.54, 1.807) is 0 Å². The number of aromatic nitrogens is 2. The van der Waals surface area contributed by atoms with Crippen LogP contribution < -0.4 is 5.73 Å². The van der Waals surface area contributed by atoms with Gasteiger partial charge >= 0.3 is 0 Å². The lowest BCUT2D eigenvalue weighted by Gasteiger charge is -2.34. The number of rotatable bonds is 10. The second kappa shape index (κ2) is 11.7. The van der Waals surface area contributed by atoms with Crippen molar-refractivity contribution in [1.29, 1.82) is 0 Å². The van der Waals surface area contributed by atoms with E-state index in [1.165, 1.54) is 16.7 Å². The summed E-state index contributed by atoms with van der Waals surface area (Å²) in [7, 11) is 0. The van der Waals surface area contributed by atoms with Gasteiger partial charge in [-0.05, 0) is 74.0 Å². The van der Waals surface area contributed by atoms with Crippen molar-refractivity contribution >= 4 is 16.9 Å². The number of carbonyl (C=O) groups is 1. The smallest absolute Gasteiger partial charge is 0.254 e.